The average molecular weight is 421 g/mol. The van der Waals surface area contributed by atoms with Gasteiger partial charge in [-0.1, -0.05) is 19.3 Å². The fourth-order valence-electron chi connectivity index (χ4n) is 5.31. The first-order valence-electron chi connectivity index (χ1n) is 11.4. The molecule has 4 rings (SSSR count). The molecule has 0 spiro atoms. The zero-order valence-corrected chi connectivity index (χ0v) is 18.6. The van der Waals surface area contributed by atoms with Crippen molar-refractivity contribution in [2.45, 2.75) is 64.0 Å². The van der Waals surface area contributed by atoms with Gasteiger partial charge in [0.2, 0.25) is 5.91 Å². The molecule has 0 aromatic carbocycles. The van der Waals surface area contributed by atoms with Crippen LogP contribution < -0.4 is 5.32 Å². The van der Waals surface area contributed by atoms with E-state index in [4.69, 9.17) is 4.74 Å². The minimum Gasteiger partial charge on any atom is -0.379 e. The second-order valence-electron chi connectivity index (χ2n) is 9.01. The summed E-state index contributed by atoms with van der Waals surface area (Å²) in [6, 6.07) is 0. The van der Waals surface area contributed by atoms with E-state index in [2.05, 4.69) is 32.4 Å². The van der Waals surface area contributed by atoms with Gasteiger partial charge in [0.25, 0.3) is 0 Å². The molecular weight excluding hydrogens is 384 g/mol. The number of ether oxygens (including phenoxy) is 1. The molecule has 1 amide bonds. The number of likely N-dealkylation sites (tertiary alicyclic amines) is 1. The second kappa shape index (κ2) is 9.86. The fraction of sp³-hybridized carbons (Fsp3) is 0.818. The number of carbonyl (C=O) groups excluding carboxylic acids is 1. The zero-order valence-electron chi connectivity index (χ0n) is 17.8. The molecule has 0 unspecified atom stereocenters. The first-order chi connectivity index (χ1) is 14.1. The van der Waals surface area contributed by atoms with Gasteiger partial charge in [-0.3, -0.25) is 14.6 Å². The third-order valence-corrected chi connectivity index (χ3v) is 7.89. The number of carbonyl (C=O) groups is 1. The highest BCUT2D eigenvalue weighted by molar-refractivity contribution is 7.09. The highest BCUT2D eigenvalue weighted by atomic mass is 32.1. The summed E-state index contributed by atoms with van der Waals surface area (Å²) in [7, 11) is 0. The minimum atomic E-state index is 0.154. The topological polar surface area (TPSA) is 57.7 Å². The molecule has 1 saturated carbocycles. The maximum absolute atomic E-state index is 13.0. The highest BCUT2D eigenvalue weighted by Gasteiger charge is 2.39. The molecule has 2 aliphatic heterocycles. The second-order valence-corrected chi connectivity index (χ2v) is 10.1. The van der Waals surface area contributed by atoms with Crippen LogP contribution in [-0.2, 0) is 16.1 Å². The first kappa shape index (κ1) is 21.2. The third kappa shape index (κ3) is 5.37. The molecule has 6 nitrogen and oxygen atoms in total. The van der Waals surface area contributed by atoms with Crippen molar-refractivity contribution in [3.63, 3.8) is 0 Å². The summed E-state index contributed by atoms with van der Waals surface area (Å²) >= 11 is 1.72. The Morgan fingerprint density at radius 2 is 1.93 bits per heavy atom. The number of nitrogens with zero attached hydrogens (tertiary/aromatic N) is 3. The van der Waals surface area contributed by atoms with Crippen LogP contribution in [0.1, 0.15) is 55.6 Å². The van der Waals surface area contributed by atoms with Crippen LogP contribution >= 0.6 is 11.3 Å². The lowest BCUT2D eigenvalue weighted by molar-refractivity contribution is -0.127. The summed E-state index contributed by atoms with van der Waals surface area (Å²) in [4.78, 5) is 22.6. The SMILES string of the molecule is Cc1nc(CN2CCC(C(=O)NCC3(N4CCOCC4)CCCCC3)CC2)cs1. The lowest BCUT2D eigenvalue weighted by Gasteiger charge is -2.48. The molecule has 162 valence electrons. The number of aryl methyl sites for hydroxylation is 1. The first-order valence-corrected chi connectivity index (χ1v) is 12.3. The number of rotatable bonds is 6. The summed E-state index contributed by atoms with van der Waals surface area (Å²) in [5, 5.41) is 6.66. The zero-order chi connectivity index (χ0) is 20.1. The molecule has 29 heavy (non-hydrogen) atoms. The number of aromatic nitrogens is 1. The molecule has 1 aromatic rings. The van der Waals surface area contributed by atoms with Crippen LogP contribution in [-0.4, -0.2) is 72.2 Å². The molecule has 2 saturated heterocycles. The van der Waals surface area contributed by atoms with Gasteiger partial charge in [-0.05, 0) is 45.7 Å². The Balaban J connectivity index is 1.26. The number of morpholine rings is 1. The lowest BCUT2D eigenvalue weighted by Crippen LogP contribution is -2.60. The third-order valence-electron chi connectivity index (χ3n) is 7.07. The predicted octanol–water partition coefficient (Wildman–Crippen LogP) is 2.81. The van der Waals surface area contributed by atoms with Crippen LogP contribution in [0.4, 0.5) is 0 Å². The van der Waals surface area contributed by atoms with E-state index in [0.29, 0.717) is 0 Å². The largest absolute Gasteiger partial charge is 0.379 e. The average Bonchev–Trinajstić information content (AvgIpc) is 3.18. The predicted molar refractivity (Wildman–Crippen MR) is 116 cm³/mol. The van der Waals surface area contributed by atoms with E-state index in [9.17, 15) is 4.79 Å². The highest BCUT2D eigenvalue weighted by Crippen LogP contribution is 2.34. The number of piperidine rings is 1. The number of nitrogens with one attached hydrogen (secondary N) is 1. The number of thiazole rings is 1. The van der Waals surface area contributed by atoms with Crippen molar-refractivity contribution in [1.29, 1.82) is 0 Å². The van der Waals surface area contributed by atoms with E-state index >= 15 is 0 Å². The van der Waals surface area contributed by atoms with Gasteiger partial charge < -0.3 is 10.1 Å². The standard InChI is InChI=1S/C22H36N4O2S/c1-18-24-20(16-29-18)15-25-9-5-19(6-10-25)21(27)23-17-22(7-3-2-4-8-22)26-11-13-28-14-12-26/h16,19H,2-15,17H2,1H3,(H,23,27). The van der Waals surface area contributed by atoms with E-state index in [1.807, 2.05) is 0 Å². The fourth-order valence-corrected chi connectivity index (χ4v) is 5.92. The van der Waals surface area contributed by atoms with Gasteiger partial charge in [0, 0.05) is 43.0 Å². The molecule has 7 heteroatoms. The maximum Gasteiger partial charge on any atom is 0.223 e. The molecule has 0 radical (unpaired) electrons. The van der Waals surface area contributed by atoms with E-state index in [0.717, 1.165) is 70.3 Å². The molecule has 3 heterocycles. The Labute approximate surface area is 179 Å². The summed E-state index contributed by atoms with van der Waals surface area (Å²) < 4.78 is 5.57. The van der Waals surface area contributed by atoms with Crippen LogP contribution in [0.2, 0.25) is 0 Å². The Hall–Kier alpha value is -1.02. The Bertz CT molecular complexity index is 660. The monoisotopic (exact) mass is 420 g/mol. The Morgan fingerprint density at radius 1 is 1.21 bits per heavy atom. The van der Waals surface area contributed by atoms with Crippen molar-refractivity contribution in [3.8, 4) is 0 Å². The molecule has 0 bridgehead atoms. The lowest BCUT2D eigenvalue weighted by atomic mass is 9.79. The van der Waals surface area contributed by atoms with Gasteiger partial charge in [-0.2, -0.15) is 0 Å². The Morgan fingerprint density at radius 3 is 2.59 bits per heavy atom. The molecule has 0 atom stereocenters. The van der Waals surface area contributed by atoms with Crippen LogP contribution in [0.15, 0.2) is 5.38 Å². The van der Waals surface area contributed by atoms with Crippen molar-refractivity contribution in [2.24, 2.45) is 5.92 Å². The van der Waals surface area contributed by atoms with Gasteiger partial charge in [0.15, 0.2) is 0 Å². The quantitative estimate of drug-likeness (QED) is 0.767. The van der Waals surface area contributed by atoms with E-state index in [1.54, 1.807) is 11.3 Å². The van der Waals surface area contributed by atoms with Crippen LogP contribution in [0.5, 0.6) is 0 Å². The smallest absolute Gasteiger partial charge is 0.223 e. The molecule has 1 aliphatic carbocycles. The van der Waals surface area contributed by atoms with E-state index in [1.165, 1.54) is 37.8 Å². The van der Waals surface area contributed by atoms with Gasteiger partial charge >= 0.3 is 0 Å². The summed E-state index contributed by atoms with van der Waals surface area (Å²) in [5.41, 5.74) is 1.32. The molecule has 3 aliphatic rings. The van der Waals surface area contributed by atoms with Crippen LogP contribution in [0, 0.1) is 12.8 Å². The minimum absolute atomic E-state index is 0.154. The normalized spacial score (nSPS) is 24.4. The number of amides is 1. The van der Waals surface area contributed by atoms with Crippen LogP contribution in [0.3, 0.4) is 0 Å². The van der Waals surface area contributed by atoms with Crippen LogP contribution in [0.25, 0.3) is 0 Å². The van der Waals surface area contributed by atoms with Crippen molar-refractivity contribution in [2.75, 3.05) is 45.9 Å². The van der Waals surface area contributed by atoms with Gasteiger partial charge in [-0.15, -0.1) is 11.3 Å². The van der Waals surface area contributed by atoms with E-state index in [-0.39, 0.29) is 17.4 Å². The number of hydrogen-bond donors (Lipinski definition) is 1. The van der Waals surface area contributed by atoms with Gasteiger partial charge in [0.1, 0.15) is 0 Å². The summed E-state index contributed by atoms with van der Waals surface area (Å²) in [5.74, 6) is 0.432. The van der Waals surface area contributed by atoms with Crippen molar-refractivity contribution >= 4 is 17.2 Å². The van der Waals surface area contributed by atoms with Crippen molar-refractivity contribution in [3.05, 3.63) is 16.1 Å². The summed E-state index contributed by atoms with van der Waals surface area (Å²) in [6.07, 6.45) is 8.22. The molecule has 1 N–H and O–H groups in total. The maximum atomic E-state index is 13.0. The molecule has 3 fully saturated rings. The van der Waals surface area contributed by atoms with Crippen molar-refractivity contribution in [1.82, 2.24) is 20.1 Å². The Kier molecular flexibility index (Phi) is 7.21. The van der Waals surface area contributed by atoms with Gasteiger partial charge in [-0.25, -0.2) is 4.98 Å². The van der Waals surface area contributed by atoms with Crippen molar-refractivity contribution < 1.29 is 9.53 Å². The molecular formula is C22H36N4O2S. The molecule has 1 aromatic heterocycles. The summed E-state index contributed by atoms with van der Waals surface area (Å²) in [6.45, 7) is 9.42. The van der Waals surface area contributed by atoms with E-state index < -0.39 is 0 Å². The van der Waals surface area contributed by atoms with Gasteiger partial charge in [0.05, 0.1) is 23.9 Å². The number of hydrogen-bond acceptors (Lipinski definition) is 6.